The number of rotatable bonds is 5. The van der Waals surface area contributed by atoms with Crippen LogP contribution in [0.1, 0.15) is 6.92 Å². The molecule has 0 aliphatic carbocycles. The zero-order valence-electron chi connectivity index (χ0n) is 16.3. The molecule has 6 heteroatoms. The Kier molecular flexibility index (Phi) is 5.30. The maximum atomic E-state index is 14.5. The second-order valence-corrected chi connectivity index (χ2v) is 6.88. The Morgan fingerprint density at radius 3 is 2.36 bits per heavy atom. The molecule has 2 heterocycles. The van der Waals surface area contributed by atoms with Crippen LogP contribution in [0.4, 0.5) is 10.1 Å². The van der Waals surface area contributed by atoms with Gasteiger partial charge in [-0.05, 0) is 49.0 Å². The first-order chi connectivity index (χ1) is 13.7. The molecule has 2 aromatic carbocycles. The number of methoxy groups -OCH3 is 1. The van der Waals surface area contributed by atoms with E-state index in [4.69, 9.17) is 4.74 Å². The molecule has 1 aromatic heterocycles. The monoisotopic (exact) mass is 380 g/mol. The number of ether oxygens (including phenoxy) is 1. The van der Waals surface area contributed by atoms with Gasteiger partial charge < -0.3 is 14.5 Å². The zero-order chi connectivity index (χ0) is 19.5. The summed E-state index contributed by atoms with van der Waals surface area (Å²) in [5.74, 6) is 0.165. The molecule has 1 aliphatic heterocycles. The number of benzene rings is 2. The van der Waals surface area contributed by atoms with E-state index in [2.05, 4.69) is 34.0 Å². The summed E-state index contributed by atoms with van der Waals surface area (Å²) in [5, 5.41) is 4.42. The molecule has 4 rings (SSSR count). The molecule has 0 saturated carbocycles. The largest absolute Gasteiger partial charge is 0.496 e. The highest BCUT2D eigenvalue weighted by molar-refractivity contribution is 5.70. The van der Waals surface area contributed by atoms with Crippen LogP contribution in [-0.2, 0) is 0 Å². The molecule has 0 N–H and O–H groups in total. The van der Waals surface area contributed by atoms with Crippen molar-refractivity contribution in [3.05, 3.63) is 60.5 Å². The van der Waals surface area contributed by atoms with Gasteiger partial charge >= 0.3 is 0 Å². The van der Waals surface area contributed by atoms with Gasteiger partial charge in [0.1, 0.15) is 11.6 Å². The van der Waals surface area contributed by atoms with Crippen molar-refractivity contribution in [1.29, 1.82) is 0 Å². The molecule has 0 amide bonds. The zero-order valence-corrected chi connectivity index (χ0v) is 16.3. The topological polar surface area (TPSA) is 33.5 Å². The molecular weight excluding hydrogens is 355 g/mol. The van der Waals surface area contributed by atoms with Gasteiger partial charge in [-0.25, -0.2) is 9.07 Å². The highest BCUT2D eigenvalue weighted by Crippen LogP contribution is 2.33. The number of halogens is 1. The maximum Gasteiger partial charge on any atom is 0.136 e. The highest BCUT2D eigenvalue weighted by Gasteiger charge is 2.18. The first kappa shape index (κ1) is 18.5. The van der Waals surface area contributed by atoms with Gasteiger partial charge in [0.15, 0.2) is 0 Å². The fraction of sp³-hybridized carbons (Fsp3) is 0.318. The summed E-state index contributed by atoms with van der Waals surface area (Å²) in [4.78, 5) is 4.86. The van der Waals surface area contributed by atoms with E-state index in [0.29, 0.717) is 17.0 Å². The lowest BCUT2D eigenvalue weighted by molar-refractivity contribution is 0.271. The Labute approximate surface area is 165 Å². The second kappa shape index (κ2) is 8.02. The quantitative estimate of drug-likeness (QED) is 0.674. The Morgan fingerprint density at radius 2 is 1.68 bits per heavy atom. The minimum Gasteiger partial charge on any atom is -0.496 e. The summed E-state index contributed by atoms with van der Waals surface area (Å²) in [5.41, 5.74) is 3.18. The third kappa shape index (κ3) is 3.47. The van der Waals surface area contributed by atoms with Gasteiger partial charge in [0.05, 0.1) is 30.3 Å². The number of nitrogens with zero attached hydrogens (tertiary/aromatic N) is 4. The number of anilines is 1. The Morgan fingerprint density at radius 1 is 0.964 bits per heavy atom. The number of hydrogen-bond donors (Lipinski definition) is 0. The Bertz CT molecular complexity index is 930. The van der Waals surface area contributed by atoms with Crippen molar-refractivity contribution in [2.45, 2.75) is 6.92 Å². The molecule has 1 aliphatic rings. The van der Waals surface area contributed by atoms with Crippen LogP contribution in [0.2, 0.25) is 0 Å². The number of likely N-dealkylation sites (N-methyl/N-ethyl adjacent to an activating group) is 1. The predicted molar refractivity (Wildman–Crippen MR) is 110 cm³/mol. The molecule has 0 radical (unpaired) electrons. The van der Waals surface area contributed by atoms with Gasteiger partial charge in [0.2, 0.25) is 0 Å². The summed E-state index contributed by atoms with van der Waals surface area (Å²) in [6, 6.07) is 14.9. The van der Waals surface area contributed by atoms with Gasteiger partial charge in [0, 0.05) is 31.9 Å². The van der Waals surface area contributed by atoms with E-state index in [0.717, 1.165) is 38.4 Å². The van der Waals surface area contributed by atoms with Crippen LogP contribution < -0.4 is 9.64 Å². The number of hydrogen-bond acceptors (Lipinski definition) is 4. The lowest BCUT2D eigenvalue weighted by Crippen LogP contribution is -2.46. The summed E-state index contributed by atoms with van der Waals surface area (Å²) >= 11 is 0. The van der Waals surface area contributed by atoms with Crippen LogP contribution in [0.25, 0.3) is 16.9 Å². The lowest BCUT2D eigenvalue weighted by atomic mass is 10.1. The van der Waals surface area contributed by atoms with E-state index < -0.39 is 0 Å². The molecule has 0 spiro atoms. The molecule has 1 saturated heterocycles. The van der Waals surface area contributed by atoms with Crippen molar-refractivity contribution >= 4 is 5.69 Å². The first-order valence-corrected chi connectivity index (χ1v) is 9.66. The normalized spacial score (nSPS) is 15.0. The molecule has 146 valence electrons. The number of piperazine rings is 1. The highest BCUT2D eigenvalue weighted by atomic mass is 19.1. The fourth-order valence-electron chi connectivity index (χ4n) is 3.75. The molecule has 3 aromatic rings. The van der Waals surface area contributed by atoms with Gasteiger partial charge in [-0.1, -0.05) is 13.0 Å². The maximum absolute atomic E-state index is 14.5. The third-order valence-electron chi connectivity index (χ3n) is 5.37. The summed E-state index contributed by atoms with van der Waals surface area (Å²) in [6.45, 7) is 7.56. The smallest absolute Gasteiger partial charge is 0.136 e. The van der Waals surface area contributed by atoms with Crippen molar-refractivity contribution in [2.24, 2.45) is 0 Å². The van der Waals surface area contributed by atoms with Gasteiger partial charge in [-0.2, -0.15) is 5.10 Å². The molecular formula is C22H25FN4O. The fourth-order valence-corrected chi connectivity index (χ4v) is 3.75. The molecule has 0 bridgehead atoms. The van der Waals surface area contributed by atoms with Crippen LogP contribution >= 0.6 is 0 Å². The van der Waals surface area contributed by atoms with Crippen LogP contribution in [-0.4, -0.2) is 54.5 Å². The van der Waals surface area contributed by atoms with E-state index in [1.165, 1.54) is 11.8 Å². The average molecular weight is 380 g/mol. The summed E-state index contributed by atoms with van der Waals surface area (Å²) < 4.78 is 21.6. The average Bonchev–Trinajstić information content (AvgIpc) is 3.23. The van der Waals surface area contributed by atoms with E-state index in [9.17, 15) is 4.39 Å². The first-order valence-electron chi connectivity index (χ1n) is 9.66. The number of aromatic nitrogens is 2. The van der Waals surface area contributed by atoms with Crippen molar-refractivity contribution in [1.82, 2.24) is 14.7 Å². The van der Waals surface area contributed by atoms with Crippen molar-refractivity contribution < 1.29 is 9.13 Å². The van der Waals surface area contributed by atoms with Crippen molar-refractivity contribution in [2.75, 3.05) is 44.7 Å². The molecule has 1 fully saturated rings. The Balaban J connectivity index is 1.61. The van der Waals surface area contributed by atoms with Crippen molar-refractivity contribution in [3.63, 3.8) is 0 Å². The molecule has 28 heavy (non-hydrogen) atoms. The van der Waals surface area contributed by atoms with Gasteiger partial charge in [0.25, 0.3) is 0 Å². The Hall–Kier alpha value is -2.86. The molecule has 0 unspecified atom stereocenters. The predicted octanol–water partition coefficient (Wildman–Crippen LogP) is 3.83. The summed E-state index contributed by atoms with van der Waals surface area (Å²) in [6.07, 6.45) is 1.68. The van der Waals surface area contributed by atoms with Crippen molar-refractivity contribution in [3.8, 4) is 22.7 Å². The van der Waals surface area contributed by atoms with Crippen LogP contribution in [0.5, 0.6) is 5.75 Å². The third-order valence-corrected chi connectivity index (χ3v) is 5.37. The van der Waals surface area contributed by atoms with Gasteiger partial charge in [-0.15, -0.1) is 0 Å². The van der Waals surface area contributed by atoms with E-state index in [-0.39, 0.29) is 5.82 Å². The van der Waals surface area contributed by atoms with E-state index in [1.54, 1.807) is 36.2 Å². The summed E-state index contributed by atoms with van der Waals surface area (Å²) in [7, 11) is 1.55. The minimum absolute atomic E-state index is 0.327. The van der Waals surface area contributed by atoms with E-state index in [1.807, 2.05) is 12.1 Å². The van der Waals surface area contributed by atoms with Crippen LogP contribution in [0, 0.1) is 5.82 Å². The molecule has 5 nitrogen and oxygen atoms in total. The standard InChI is InChI=1S/C22H25FN4O/c1-3-25-13-15-26(16-14-25)17-7-9-18(10-8-17)27-20(11-12-24-27)22-19(23)5-4-6-21(22)28-2/h4-12H,3,13-16H2,1-2H3. The molecule has 0 atom stereocenters. The van der Waals surface area contributed by atoms with Crippen LogP contribution in [0.15, 0.2) is 54.7 Å². The van der Waals surface area contributed by atoms with E-state index >= 15 is 0 Å². The lowest BCUT2D eigenvalue weighted by Gasteiger charge is -2.35. The SMILES string of the molecule is CCN1CCN(c2ccc(-n3nccc3-c3c(F)cccc3OC)cc2)CC1. The second-order valence-electron chi connectivity index (χ2n) is 6.88. The van der Waals surface area contributed by atoms with Crippen LogP contribution in [0.3, 0.4) is 0 Å². The minimum atomic E-state index is -0.327. The van der Waals surface area contributed by atoms with Gasteiger partial charge in [-0.3, -0.25) is 0 Å².